The molecule has 162 valence electrons. The van der Waals surface area contributed by atoms with Crippen LogP contribution in [0.3, 0.4) is 0 Å². The van der Waals surface area contributed by atoms with Gasteiger partial charge < -0.3 is 18.8 Å². The molecular weight excluding hydrogens is 402 g/mol. The van der Waals surface area contributed by atoms with Gasteiger partial charge in [-0.05, 0) is 43.9 Å². The molecule has 1 saturated heterocycles. The summed E-state index contributed by atoms with van der Waals surface area (Å²) >= 11 is 1.33. The average Bonchev–Trinajstić information content (AvgIpc) is 3.47. The van der Waals surface area contributed by atoms with Crippen molar-refractivity contribution in [2.75, 3.05) is 26.5 Å². The molecule has 1 aliphatic carbocycles. The van der Waals surface area contributed by atoms with Crippen LogP contribution in [0.4, 0.5) is 0 Å². The molecule has 2 fully saturated rings. The number of methoxy groups -OCH3 is 2. The van der Waals surface area contributed by atoms with Crippen molar-refractivity contribution < 1.29 is 18.7 Å². The molecule has 0 spiro atoms. The predicted molar refractivity (Wildman–Crippen MR) is 114 cm³/mol. The van der Waals surface area contributed by atoms with E-state index < -0.39 is 0 Å². The SMILES string of the molecule is COc1ccc(OC)c([C@@H]2CCCN2C(=O)CSc2nnc(C3CCCCC3)o2)c1. The molecule has 2 heterocycles. The Bertz CT molecular complexity index is 866. The van der Waals surface area contributed by atoms with Crippen LogP contribution in [0.1, 0.15) is 68.4 Å². The first-order chi connectivity index (χ1) is 14.7. The van der Waals surface area contributed by atoms with E-state index in [1.165, 1.54) is 31.0 Å². The number of thioether (sulfide) groups is 1. The first kappa shape index (κ1) is 21.0. The van der Waals surface area contributed by atoms with E-state index in [0.717, 1.165) is 55.2 Å². The molecule has 1 aromatic carbocycles. The van der Waals surface area contributed by atoms with Crippen LogP contribution in [-0.4, -0.2) is 47.5 Å². The maximum Gasteiger partial charge on any atom is 0.277 e. The van der Waals surface area contributed by atoms with E-state index in [-0.39, 0.29) is 17.7 Å². The van der Waals surface area contributed by atoms with Crippen molar-refractivity contribution in [1.29, 1.82) is 0 Å². The number of carbonyl (C=O) groups excluding carboxylic acids is 1. The van der Waals surface area contributed by atoms with Crippen LogP contribution in [0.2, 0.25) is 0 Å². The number of ether oxygens (including phenoxy) is 2. The molecule has 0 bridgehead atoms. The maximum absolute atomic E-state index is 13.0. The fourth-order valence-corrected chi connectivity index (χ4v) is 5.14. The van der Waals surface area contributed by atoms with Gasteiger partial charge in [0.05, 0.1) is 26.0 Å². The second-order valence-electron chi connectivity index (χ2n) is 7.88. The molecule has 0 radical (unpaired) electrons. The van der Waals surface area contributed by atoms with Crippen LogP contribution in [0, 0.1) is 0 Å². The van der Waals surface area contributed by atoms with Gasteiger partial charge in [0, 0.05) is 18.0 Å². The summed E-state index contributed by atoms with van der Waals surface area (Å²) in [6.45, 7) is 0.738. The summed E-state index contributed by atoms with van der Waals surface area (Å²) in [6.07, 6.45) is 7.83. The van der Waals surface area contributed by atoms with Gasteiger partial charge in [0.15, 0.2) is 0 Å². The lowest BCUT2D eigenvalue weighted by atomic mass is 9.89. The van der Waals surface area contributed by atoms with Crippen molar-refractivity contribution in [1.82, 2.24) is 15.1 Å². The largest absolute Gasteiger partial charge is 0.497 e. The topological polar surface area (TPSA) is 77.7 Å². The van der Waals surface area contributed by atoms with Crippen molar-refractivity contribution in [3.63, 3.8) is 0 Å². The summed E-state index contributed by atoms with van der Waals surface area (Å²) in [5.41, 5.74) is 0.991. The lowest BCUT2D eigenvalue weighted by Gasteiger charge is -2.26. The highest BCUT2D eigenvalue weighted by Crippen LogP contribution is 2.39. The number of nitrogens with zero attached hydrogens (tertiary/aromatic N) is 3. The van der Waals surface area contributed by atoms with Crippen molar-refractivity contribution >= 4 is 17.7 Å². The molecule has 1 amide bonds. The molecule has 1 saturated carbocycles. The molecule has 30 heavy (non-hydrogen) atoms. The van der Waals surface area contributed by atoms with Crippen molar-refractivity contribution in [2.24, 2.45) is 0 Å². The Labute approximate surface area is 181 Å². The smallest absolute Gasteiger partial charge is 0.277 e. The number of rotatable bonds is 7. The van der Waals surface area contributed by atoms with Crippen LogP contribution < -0.4 is 9.47 Å². The number of carbonyl (C=O) groups is 1. The second kappa shape index (κ2) is 9.73. The highest BCUT2D eigenvalue weighted by molar-refractivity contribution is 7.99. The fraction of sp³-hybridized carbons (Fsp3) is 0.591. The first-order valence-corrected chi connectivity index (χ1v) is 11.7. The Kier molecular flexibility index (Phi) is 6.82. The minimum Gasteiger partial charge on any atom is -0.497 e. The monoisotopic (exact) mass is 431 g/mol. The molecule has 1 atom stereocenters. The van der Waals surface area contributed by atoms with Gasteiger partial charge in [0.2, 0.25) is 11.8 Å². The van der Waals surface area contributed by atoms with E-state index in [0.29, 0.717) is 11.1 Å². The Morgan fingerprint density at radius 2 is 1.97 bits per heavy atom. The molecule has 1 aromatic heterocycles. The van der Waals surface area contributed by atoms with Crippen LogP contribution in [0.25, 0.3) is 0 Å². The second-order valence-corrected chi connectivity index (χ2v) is 8.81. The third-order valence-electron chi connectivity index (χ3n) is 6.06. The Hall–Kier alpha value is -2.22. The zero-order valence-corrected chi connectivity index (χ0v) is 18.5. The average molecular weight is 432 g/mol. The van der Waals surface area contributed by atoms with E-state index in [1.54, 1.807) is 14.2 Å². The van der Waals surface area contributed by atoms with Gasteiger partial charge in [0.1, 0.15) is 11.5 Å². The molecular formula is C22H29N3O4S. The van der Waals surface area contributed by atoms with Crippen molar-refractivity contribution in [2.45, 2.75) is 62.1 Å². The van der Waals surface area contributed by atoms with Crippen molar-refractivity contribution in [3.8, 4) is 11.5 Å². The van der Waals surface area contributed by atoms with Gasteiger partial charge >= 0.3 is 0 Å². The number of aromatic nitrogens is 2. The van der Waals surface area contributed by atoms with Gasteiger partial charge in [-0.2, -0.15) is 0 Å². The zero-order chi connectivity index (χ0) is 20.9. The standard InChI is InChI=1S/C22H29N3O4S/c1-27-16-10-11-19(28-2)17(13-16)18-9-6-12-25(18)20(26)14-30-22-24-23-21(29-22)15-7-4-3-5-8-15/h10-11,13,15,18H,3-9,12,14H2,1-2H3/t18-/m0/s1. The van der Waals surface area contributed by atoms with Gasteiger partial charge in [-0.1, -0.05) is 31.0 Å². The molecule has 2 aromatic rings. The van der Waals surface area contributed by atoms with E-state index in [2.05, 4.69) is 10.2 Å². The van der Waals surface area contributed by atoms with Crippen LogP contribution >= 0.6 is 11.8 Å². The minimum absolute atomic E-state index is 0.0105. The molecule has 8 heteroatoms. The van der Waals surface area contributed by atoms with Crippen LogP contribution in [0.15, 0.2) is 27.8 Å². The van der Waals surface area contributed by atoms with Gasteiger partial charge in [0.25, 0.3) is 5.22 Å². The molecule has 4 rings (SSSR count). The van der Waals surface area contributed by atoms with Gasteiger partial charge in [-0.3, -0.25) is 4.79 Å². The Morgan fingerprint density at radius 3 is 2.73 bits per heavy atom. The molecule has 0 unspecified atom stereocenters. The highest BCUT2D eigenvalue weighted by Gasteiger charge is 2.32. The predicted octanol–water partition coefficient (Wildman–Crippen LogP) is 4.59. The van der Waals surface area contributed by atoms with E-state index in [1.807, 2.05) is 23.1 Å². The third-order valence-corrected chi connectivity index (χ3v) is 6.87. The Balaban J connectivity index is 1.40. The molecule has 0 N–H and O–H groups in total. The number of benzene rings is 1. The quantitative estimate of drug-likeness (QED) is 0.593. The number of hydrogen-bond acceptors (Lipinski definition) is 7. The number of hydrogen-bond donors (Lipinski definition) is 0. The summed E-state index contributed by atoms with van der Waals surface area (Å²) in [5, 5.41) is 8.87. The van der Waals surface area contributed by atoms with Gasteiger partial charge in [-0.15, -0.1) is 10.2 Å². The Morgan fingerprint density at radius 1 is 1.13 bits per heavy atom. The normalized spacial score (nSPS) is 19.8. The molecule has 2 aliphatic rings. The molecule has 7 nitrogen and oxygen atoms in total. The lowest BCUT2D eigenvalue weighted by Crippen LogP contribution is -2.32. The lowest BCUT2D eigenvalue weighted by molar-refractivity contribution is -0.129. The van der Waals surface area contributed by atoms with Crippen molar-refractivity contribution in [3.05, 3.63) is 29.7 Å². The van der Waals surface area contributed by atoms with E-state index in [4.69, 9.17) is 13.9 Å². The molecule has 1 aliphatic heterocycles. The zero-order valence-electron chi connectivity index (χ0n) is 17.6. The number of likely N-dealkylation sites (tertiary alicyclic amines) is 1. The summed E-state index contributed by atoms with van der Waals surface area (Å²) in [5.74, 6) is 3.01. The van der Waals surface area contributed by atoms with E-state index >= 15 is 0 Å². The van der Waals surface area contributed by atoms with Crippen LogP contribution in [0.5, 0.6) is 11.5 Å². The first-order valence-electron chi connectivity index (χ1n) is 10.7. The number of amides is 1. The third kappa shape index (κ3) is 4.58. The van der Waals surface area contributed by atoms with E-state index in [9.17, 15) is 4.79 Å². The summed E-state index contributed by atoms with van der Waals surface area (Å²) in [4.78, 5) is 14.9. The van der Waals surface area contributed by atoms with Gasteiger partial charge in [-0.25, -0.2) is 0 Å². The minimum atomic E-state index is -0.0105. The maximum atomic E-state index is 13.0. The fourth-order valence-electron chi connectivity index (χ4n) is 4.49. The van der Waals surface area contributed by atoms with Crippen LogP contribution in [-0.2, 0) is 4.79 Å². The summed E-state index contributed by atoms with van der Waals surface area (Å²) in [7, 11) is 3.30. The summed E-state index contributed by atoms with van der Waals surface area (Å²) in [6, 6.07) is 5.73. The summed E-state index contributed by atoms with van der Waals surface area (Å²) < 4.78 is 16.8. The highest BCUT2D eigenvalue weighted by atomic mass is 32.2.